The maximum absolute atomic E-state index is 14.1. The first-order valence-corrected chi connectivity index (χ1v) is 5.91. The van der Waals surface area contributed by atoms with Gasteiger partial charge in [-0.05, 0) is 18.4 Å². The molecule has 0 radical (unpaired) electrons. The maximum Gasteiger partial charge on any atom is 0.313 e. The van der Waals surface area contributed by atoms with E-state index < -0.39 is 17.7 Å². The summed E-state index contributed by atoms with van der Waals surface area (Å²) in [4.78, 5) is 11.8. The molecule has 0 bridgehead atoms. The van der Waals surface area contributed by atoms with Crippen molar-refractivity contribution in [1.82, 2.24) is 0 Å². The average Bonchev–Trinajstić information content (AvgIpc) is 2.35. The molecule has 0 N–H and O–H groups in total. The molecule has 1 aromatic rings. The van der Waals surface area contributed by atoms with E-state index in [4.69, 9.17) is 9.47 Å². The molecule has 0 aliphatic carbocycles. The Kier molecular flexibility index (Phi) is 5.13. The van der Waals surface area contributed by atoms with Gasteiger partial charge in [-0.2, -0.15) is 0 Å². The van der Waals surface area contributed by atoms with Gasteiger partial charge in [-0.15, -0.1) is 0 Å². The highest BCUT2D eigenvalue weighted by molar-refractivity contribution is 5.78. The Morgan fingerprint density at radius 1 is 1.33 bits per heavy atom. The molecule has 0 amide bonds. The fourth-order valence-corrected chi connectivity index (χ4v) is 1.92. The van der Waals surface area contributed by atoms with Gasteiger partial charge in [0, 0.05) is 5.56 Å². The van der Waals surface area contributed by atoms with Gasteiger partial charge >= 0.3 is 5.97 Å². The SMILES string of the molecule is COC(=O)C(CC(C)C)c1cccc(OC)c1F. The van der Waals surface area contributed by atoms with Crippen LogP contribution in [-0.2, 0) is 9.53 Å². The predicted octanol–water partition coefficient (Wildman–Crippen LogP) is 3.14. The van der Waals surface area contributed by atoms with Crippen LogP contribution in [-0.4, -0.2) is 20.2 Å². The van der Waals surface area contributed by atoms with E-state index in [1.807, 2.05) is 13.8 Å². The van der Waals surface area contributed by atoms with E-state index in [0.29, 0.717) is 12.0 Å². The number of ether oxygens (including phenoxy) is 2. The highest BCUT2D eigenvalue weighted by Gasteiger charge is 2.26. The lowest BCUT2D eigenvalue weighted by molar-refractivity contribution is -0.142. The van der Waals surface area contributed by atoms with Crippen molar-refractivity contribution in [3.63, 3.8) is 0 Å². The number of carbonyl (C=O) groups excluding carboxylic acids is 1. The summed E-state index contributed by atoms with van der Waals surface area (Å²) in [6, 6.07) is 4.80. The Morgan fingerprint density at radius 3 is 2.50 bits per heavy atom. The highest BCUT2D eigenvalue weighted by Crippen LogP contribution is 2.31. The number of esters is 1. The summed E-state index contributed by atoms with van der Waals surface area (Å²) < 4.78 is 23.8. The summed E-state index contributed by atoms with van der Waals surface area (Å²) >= 11 is 0. The van der Waals surface area contributed by atoms with E-state index in [0.717, 1.165) is 0 Å². The molecule has 1 rings (SSSR count). The zero-order chi connectivity index (χ0) is 13.7. The second-order valence-electron chi connectivity index (χ2n) is 4.57. The van der Waals surface area contributed by atoms with Gasteiger partial charge in [-0.3, -0.25) is 4.79 Å². The Hall–Kier alpha value is -1.58. The van der Waals surface area contributed by atoms with Crippen molar-refractivity contribution in [1.29, 1.82) is 0 Å². The molecule has 0 saturated carbocycles. The molecule has 3 nitrogen and oxygen atoms in total. The van der Waals surface area contributed by atoms with Crippen LogP contribution in [0.15, 0.2) is 18.2 Å². The summed E-state index contributed by atoms with van der Waals surface area (Å²) in [5.74, 6) is -1.10. The Labute approximate surface area is 107 Å². The molecule has 0 saturated heterocycles. The lowest BCUT2D eigenvalue weighted by Gasteiger charge is -2.18. The molecule has 0 heterocycles. The third kappa shape index (κ3) is 3.22. The zero-order valence-corrected chi connectivity index (χ0v) is 11.2. The number of rotatable bonds is 5. The van der Waals surface area contributed by atoms with Crippen molar-refractivity contribution in [2.75, 3.05) is 14.2 Å². The minimum atomic E-state index is -0.593. The first kappa shape index (κ1) is 14.5. The van der Waals surface area contributed by atoms with E-state index in [2.05, 4.69) is 0 Å². The van der Waals surface area contributed by atoms with Crippen LogP contribution < -0.4 is 4.74 Å². The minimum Gasteiger partial charge on any atom is -0.494 e. The van der Waals surface area contributed by atoms with E-state index in [9.17, 15) is 9.18 Å². The monoisotopic (exact) mass is 254 g/mol. The van der Waals surface area contributed by atoms with Crippen LogP contribution >= 0.6 is 0 Å². The summed E-state index contributed by atoms with van der Waals surface area (Å²) in [6.07, 6.45) is 0.538. The van der Waals surface area contributed by atoms with Gasteiger partial charge in [0.05, 0.1) is 20.1 Å². The van der Waals surface area contributed by atoms with Gasteiger partial charge < -0.3 is 9.47 Å². The molecule has 1 aromatic carbocycles. The van der Waals surface area contributed by atoms with Crippen LogP contribution in [0.25, 0.3) is 0 Å². The lowest BCUT2D eigenvalue weighted by atomic mass is 9.90. The van der Waals surface area contributed by atoms with Crippen molar-refractivity contribution in [2.45, 2.75) is 26.2 Å². The minimum absolute atomic E-state index is 0.144. The van der Waals surface area contributed by atoms with Crippen LogP contribution in [0.4, 0.5) is 4.39 Å². The molecular weight excluding hydrogens is 235 g/mol. The molecule has 1 atom stereocenters. The van der Waals surface area contributed by atoms with E-state index in [1.54, 1.807) is 12.1 Å². The molecule has 18 heavy (non-hydrogen) atoms. The summed E-state index contributed by atoms with van der Waals surface area (Å²) in [7, 11) is 2.71. The first-order chi connectivity index (χ1) is 8.51. The quantitative estimate of drug-likeness (QED) is 0.757. The van der Waals surface area contributed by atoms with Gasteiger partial charge in [0.1, 0.15) is 0 Å². The lowest BCUT2D eigenvalue weighted by Crippen LogP contribution is -2.18. The van der Waals surface area contributed by atoms with E-state index >= 15 is 0 Å². The molecule has 1 unspecified atom stereocenters. The normalized spacial score (nSPS) is 12.3. The molecule has 100 valence electrons. The van der Waals surface area contributed by atoms with Crippen LogP contribution in [0.2, 0.25) is 0 Å². The smallest absolute Gasteiger partial charge is 0.313 e. The van der Waals surface area contributed by atoms with Gasteiger partial charge in [0.15, 0.2) is 11.6 Å². The van der Waals surface area contributed by atoms with Crippen LogP contribution in [0.3, 0.4) is 0 Å². The highest BCUT2D eigenvalue weighted by atomic mass is 19.1. The number of hydrogen-bond acceptors (Lipinski definition) is 3. The van der Waals surface area contributed by atoms with Crippen LogP contribution in [0.1, 0.15) is 31.7 Å². The maximum atomic E-state index is 14.1. The topological polar surface area (TPSA) is 35.5 Å². The second kappa shape index (κ2) is 6.38. The number of methoxy groups -OCH3 is 2. The second-order valence-corrected chi connectivity index (χ2v) is 4.57. The Morgan fingerprint density at radius 2 is 2.00 bits per heavy atom. The Balaban J connectivity index is 3.16. The third-order valence-corrected chi connectivity index (χ3v) is 2.78. The van der Waals surface area contributed by atoms with Gasteiger partial charge in [-0.1, -0.05) is 26.0 Å². The van der Waals surface area contributed by atoms with Crippen molar-refractivity contribution in [3.8, 4) is 5.75 Å². The number of carbonyl (C=O) groups is 1. The molecular formula is C14H19FO3. The summed E-state index contributed by atoms with van der Waals surface area (Å²) in [5, 5.41) is 0. The van der Waals surface area contributed by atoms with Crippen LogP contribution in [0.5, 0.6) is 5.75 Å². The molecule has 0 aromatic heterocycles. The van der Waals surface area contributed by atoms with Gasteiger partial charge in [0.25, 0.3) is 0 Å². The zero-order valence-electron chi connectivity index (χ0n) is 11.2. The molecule has 0 aliphatic rings. The first-order valence-electron chi connectivity index (χ1n) is 5.91. The number of hydrogen-bond donors (Lipinski definition) is 0. The number of benzene rings is 1. The predicted molar refractivity (Wildman–Crippen MR) is 67.2 cm³/mol. The average molecular weight is 254 g/mol. The molecule has 0 aliphatic heterocycles. The molecule has 0 fully saturated rings. The van der Waals surface area contributed by atoms with Crippen LogP contribution in [0, 0.1) is 11.7 Å². The molecule has 4 heteroatoms. The summed E-state index contributed by atoms with van der Waals surface area (Å²) in [6.45, 7) is 3.96. The Bertz CT molecular complexity index is 416. The largest absolute Gasteiger partial charge is 0.494 e. The van der Waals surface area contributed by atoms with Crippen molar-refractivity contribution in [3.05, 3.63) is 29.6 Å². The van der Waals surface area contributed by atoms with Crippen molar-refractivity contribution >= 4 is 5.97 Å². The fraction of sp³-hybridized carbons (Fsp3) is 0.500. The standard InChI is InChI=1S/C14H19FO3/c1-9(2)8-11(14(16)18-4)10-6-5-7-12(17-3)13(10)15/h5-7,9,11H,8H2,1-4H3. The third-order valence-electron chi connectivity index (χ3n) is 2.78. The van der Waals surface area contributed by atoms with Gasteiger partial charge in [0.2, 0.25) is 0 Å². The van der Waals surface area contributed by atoms with Crippen molar-refractivity contribution in [2.24, 2.45) is 5.92 Å². The van der Waals surface area contributed by atoms with E-state index in [1.165, 1.54) is 20.3 Å². The fourth-order valence-electron chi connectivity index (χ4n) is 1.92. The molecule has 0 spiro atoms. The van der Waals surface area contributed by atoms with E-state index in [-0.39, 0.29) is 11.7 Å². The van der Waals surface area contributed by atoms with Gasteiger partial charge in [-0.25, -0.2) is 4.39 Å². The summed E-state index contributed by atoms with van der Waals surface area (Å²) in [5.41, 5.74) is 0.329. The van der Waals surface area contributed by atoms with Crippen molar-refractivity contribution < 1.29 is 18.7 Å². The number of halogens is 1.